The Labute approximate surface area is 192 Å². The Morgan fingerprint density at radius 2 is 1.66 bits per heavy atom. The fourth-order valence-electron chi connectivity index (χ4n) is 4.36. The third kappa shape index (κ3) is 5.90. The first-order valence-electron chi connectivity index (χ1n) is 11.7. The molecule has 3 rings (SSSR count). The number of rotatable bonds is 7. The van der Waals surface area contributed by atoms with Gasteiger partial charge >= 0.3 is 6.03 Å². The van der Waals surface area contributed by atoms with Crippen LogP contribution >= 0.6 is 0 Å². The summed E-state index contributed by atoms with van der Waals surface area (Å²) >= 11 is 0. The van der Waals surface area contributed by atoms with Crippen LogP contribution in [0.4, 0.5) is 10.5 Å². The minimum Gasteiger partial charge on any atom is -0.338 e. The maximum absolute atomic E-state index is 12.5. The first kappa shape index (κ1) is 23.8. The number of carbonyl (C=O) groups excluding carboxylic acids is 2. The van der Waals surface area contributed by atoms with Gasteiger partial charge in [0.25, 0.3) is 0 Å². The fourth-order valence-corrected chi connectivity index (χ4v) is 4.36. The lowest BCUT2D eigenvalue weighted by atomic mass is 9.83. The Hall–Kier alpha value is -2.82. The molecule has 0 saturated carbocycles. The van der Waals surface area contributed by atoms with Crippen molar-refractivity contribution in [2.75, 3.05) is 24.5 Å². The minimum absolute atomic E-state index is 0.127. The van der Waals surface area contributed by atoms with Crippen LogP contribution in [0.25, 0.3) is 0 Å². The molecule has 0 unspecified atom stereocenters. The molecule has 0 radical (unpaired) electrons. The first-order chi connectivity index (χ1) is 15.2. The molecule has 2 aromatic rings. The lowest BCUT2D eigenvalue weighted by molar-refractivity contribution is -0.118. The van der Waals surface area contributed by atoms with E-state index in [4.69, 9.17) is 0 Å². The van der Waals surface area contributed by atoms with Crippen LogP contribution in [0.3, 0.4) is 0 Å². The summed E-state index contributed by atoms with van der Waals surface area (Å²) in [5.41, 5.74) is 7.59. The van der Waals surface area contributed by atoms with E-state index in [2.05, 4.69) is 63.5 Å². The third-order valence-corrected chi connectivity index (χ3v) is 6.26. The van der Waals surface area contributed by atoms with Crippen LogP contribution in [0.5, 0.6) is 0 Å². The number of urea groups is 1. The molecular formula is C27H37N3O2. The van der Waals surface area contributed by atoms with E-state index in [1.54, 1.807) is 0 Å². The lowest BCUT2D eigenvalue weighted by Gasteiger charge is -2.22. The standard InChI is InChI=1S/C27H37N3O2/c1-19-17-22(27(3,4)5)18-20(2)23(19)12-15-29-26(32)28-14-8-11-25(31)30-16-13-21-9-6-7-10-24(21)30/h6-7,9-10,17-18H,8,11-16H2,1-5H3,(H2,28,29,32). The Morgan fingerprint density at radius 3 is 2.34 bits per heavy atom. The maximum atomic E-state index is 12.5. The number of nitrogens with one attached hydrogen (secondary N) is 2. The van der Waals surface area contributed by atoms with Crippen molar-refractivity contribution in [2.45, 2.75) is 65.7 Å². The quantitative estimate of drug-likeness (QED) is 0.613. The second-order valence-corrected chi connectivity index (χ2v) is 9.80. The summed E-state index contributed by atoms with van der Waals surface area (Å²) in [5.74, 6) is 0.127. The molecule has 1 aliphatic heterocycles. The van der Waals surface area contributed by atoms with Gasteiger partial charge in [-0.05, 0) is 72.4 Å². The smallest absolute Gasteiger partial charge is 0.314 e. The highest BCUT2D eigenvalue weighted by Gasteiger charge is 2.23. The highest BCUT2D eigenvalue weighted by atomic mass is 16.2. The zero-order chi connectivity index (χ0) is 23.3. The molecule has 0 atom stereocenters. The molecule has 0 saturated heterocycles. The van der Waals surface area contributed by atoms with E-state index in [9.17, 15) is 9.59 Å². The van der Waals surface area contributed by atoms with Crippen molar-refractivity contribution >= 4 is 17.6 Å². The number of fused-ring (bicyclic) bond motifs is 1. The summed E-state index contributed by atoms with van der Waals surface area (Å²) in [6.07, 6.45) is 2.80. The lowest BCUT2D eigenvalue weighted by Crippen LogP contribution is -2.37. The average molecular weight is 436 g/mol. The number of para-hydroxylation sites is 1. The molecule has 2 aromatic carbocycles. The highest BCUT2D eigenvalue weighted by Crippen LogP contribution is 2.28. The summed E-state index contributed by atoms with van der Waals surface area (Å²) in [4.78, 5) is 26.5. The Bertz CT molecular complexity index is 952. The van der Waals surface area contributed by atoms with Gasteiger partial charge in [0.15, 0.2) is 0 Å². The number of anilines is 1. The maximum Gasteiger partial charge on any atom is 0.314 e. The molecule has 3 amide bonds. The van der Waals surface area contributed by atoms with Crippen molar-refractivity contribution < 1.29 is 9.59 Å². The van der Waals surface area contributed by atoms with E-state index in [-0.39, 0.29) is 17.4 Å². The van der Waals surface area contributed by atoms with Gasteiger partial charge in [0, 0.05) is 31.7 Å². The first-order valence-corrected chi connectivity index (χ1v) is 11.7. The predicted molar refractivity (Wildman–Crippen MR) is 131 cm³/mol. The summed E-state index contributed by atoms with van der Waals surface area (Å²) in [6.45, 7) is 12.8. The van der Waals surface area contributed by atoms with Gasteiger partial charge in [-0.25, -0.2) is 4.79 Å². The molecule has 172 valence electrons. The second-order valence-electron chi connectivity index (χ2n) is 9.80. The number of amides is 3. The molecule has 0 aromatic heterocycles. The molecule has 0 aliphatic carbocycles. The summed E-state index contributed by atoms with van der Waals surface area (Å²) in [5, 5.41) is 5.81. The summed E-state index contributed by atoms with van der Waals surface area (Å²) < 4.78 is 0. The molecule has 0 bridgehead atoms. The molecule has 0 fully saturated rings. The summed E-state index contributed by atoms with van der Waals surface area (Å²) in [6, 6.07) is 12.4. The van der Waals surface area contributed by atoms with Gasteiger partial charge in [-0.15, -0.1) is 0 Å². The van der Waals surface area contributed by atoms with Gasteiger partial charge in [-0.3, -0.25) is 4.79 Å². The van der Waals surface area contributed by atoms with Crippen molar-refractivity contribution in [1.29, 1.82) is 0 Å². The topological polar surface area (TPSA) is 61.4 Å². The zero-order valence-corrected chi connectivity index (χ0v) is 20.2. The van der Waals surface area contributed by atoms with E-state index in [0.29, 0.717) is 25.9 Å². The van der Waals surface area contributed by atoms with Gasteiger partial charge in [-0.2, -0.15) is 0 Å². The number of nitrogens with zero attached hydrogens (tertiary/aromatic N) is 1. The van der Waals surface area contributed by atoms with E-state index < -0.39 is 0 Å². The SMILES string of the molecule is Cc1cc(C(C)(C)C)cc(C)c1CCNC(=O)NCCCC(=O)N1CCc2ccccc21. The normalized spacial score (nSPS) is 13.1. The Balaban J connectivity index is 1.37. The van der Waals surface area contributed by atoms with Crippen molar-refractivity contribution in [3.63, 3.8) is 0 Å². The highest BCUT2D eigenvalue weighted by molar-refractivity contribution is 5.95. The minimum atomic E-state index is -0.175. The van der Waals surface area contributed by atoms with Gasteiger partial charge in [0.2, 0.25) is 5.91 Å². The van der Waals surface area contributed by atoms with Crippen LogP contribution in [0.2, 0.25) is 0 Å². The van der Waals surface area contributed by atoms with Gasteiger partial charge in [-0.1, -0.05) is 51.1 Å². The van der Waals surface area contributed by atoms with E-state index in [0.717, 1.165) is 25.1 Å². The third-order valence-electron chi connectivity index (χ3n) is 6.26. The molecule has 0 spiro atoms. The van der Waals surface area contributed by atoms with Crippen LogP contribution in [-0.4, -0.2) is 31.6 Å². The second kappa shape index (κ2) is 10.2. The van der Waals surface area contributed by atoms with E-state index in [1.165, 1.54) is 27.8 Å². The van der Waals surface area contributed by atoms with Crippen LogP contribution in [-0.2, 0) is 23.1 Å². The fraction of sp³-hybridized carbons (Fsp3) is 0.481. The Morgan fingerprint density at radius 1 is 1.00 bits per heavy atom. The average Bonchev–Trinajstić information content (AvgIpc) is 3.16. The molecule has 5 nitrogen and oxygen atoms in total. The molecule has 2 N–H and O–H groups in total. The molecule has 1 heterocycles. The molecule has 32 heavy (non-hydrogen) atoms. The van der Waals surface area contributed by atoms with Crippen LogP contribution < -0.4 is 15.5 Å². The Kier molecular flexibility index (Phi) is 7.60. The van der Waals surface area contributed by atoms with Crippen LogP contribution in [0.15, 0.2) is 36.4 Å². The van der Waals surface area contributed by atoms with E-state index >= 15 is 0 Å². The predicted octanol–water partition coefficient (Wildman–Crippen LogP) is 4.81. The number of hydrogen-bond acceptors (Lipinski definition) is 2. The van der Waals surface area contributed by atoms with Gasteiger partial charge < -0.3 is 15.5 Å². The van der Waals surface area contributed by atoms with Crippen LogP contribution in [0, 0.1) is 13.8 Å². The monoisotopic (exact) mass is 435 g/mol. The molecular weight excluding hydrogens is 398 g/mol. The van der Waals surface area contributed by atoms with Gasteiger partial charge in [0.1, 0.15) is 0 Å². The molecule has 5 heteroatoms. The number of aryl methyl sites for hydroxylation is 2. The van der Waals surface area contributed by atoms with Crippen molar-refractivity contribution in [3.8, 4) is 0 Å². The van der Waals surface area contributed by atoms with Gasteiger partial charge in [0.05, 0.1) is 0 Å². The van der Waals surface area contributed by atoms with Crippen LogP contribution in [0.1, 0.15) is 61.4 Å². The largest absolute Gasteiger partial charge is 0.338 e. The number of benzene rings is 2. The summed E-state index contributed by atoms with van der Waals surface area (Å²) in [7, 11) is 0. The van der Waals surface area contributed by atoms with Crippen molar-refractivity contribution in [2.24, 2.45) is 0 Å². The van der Waals surface area contributed by atoms with E-state index in [1.807, 2.05) is 23.1 Å². The zero-order valence-electron chi connectivity index (χ0n) is 20.2. The van der Waals surface area contributed by atoms with Crippen molar-refractivity contribution in [1.82, 2.24) is 10.6 Å². The number of hydrogen-bond donors (Lipinski definition) is 2. The molecule has 1 aliphatic rings. The number of carbonyl (C=O) groups is 2. The van der Waals surface area contributed by atoms with Crippen molar-refractivity contribution in [3.05, 3.63) is 64.2 Å².